The molecule has 0 spiro atoms. The van der Waals surface area contributed by atoms with Crippen molar-refractivity contribution in [3.63, 3.8) is 0 Å². The fraction of sp³-hybridized carbons (Fsp3) is 0.222. The number of phenols is 1. The Bertz CT molecular complexity index is 1060. The number of aromatic nitrogens is 2. The number of nitro groups is 1. The van der Waals surface area contributed by atoms with E-state index < -0.39 is 4.92 Å². The molecule has 138 valence electrons. The molecule has 3 heterocycles. The first kappa shape index (κ1) is 17.4. The summed E-state index contributed by atoms with van der Waals surface area (Å²) in [5.41, 5.74) is 1.36. The average Bonchev–Trinajstić information content (AvgIpc) is 3.18. The molecule has 3 aromatic rings. The van der Waals surface area contributed by atoms with Crippen molar-refractivity contribution >= 4 is 17.0 Å². The standard InChI is InChI=1S/C18H16N4O4S/c23-16-11(3-1-4-14(16)22(25)26)9-21-7-6-13-12(10-21)18(24)20-17(19-13)15-5-2-8-27-15/h1-5,8,23H,6-7,9-10H2,(H,19,20,24). The van der Waals surface area contributed by atoms with E-state index in [0.29, 0.717) is 43.0 Å². The second-order valence-electron chi connectivity index (χ2n) is 6.32. The fourth-order valence-electron chi connectivity index (χ4n) is 3.24. The van der Waals surface area contributed by atoms with Crippen molar-refractivity contribution in [2.45, 2.75) is 19.5 Å². The minimum atomic E-state index is -0.606. The van der Waals surface area contributed by atoms with Gasteiger partial charge in [0.1, 0.15) is 0 Å². The SMILES string of the molecule is O=c1[nH]c(-c2cccs2)nc2c1CN(Cc1cccc([N+](=O)[O-])c1O)CC2. The average molecular weight is 384 g/mol. The topological polar surface area (TPSA) is 112 Å². The summed E-state index contributed by atoms with van der Waals surface area (Å²) in [6.45, 7) is 1.35. The van der Waals surface area contributed by atoms with Gasteiger partial charge in [0.05, 0.1) is 21.1 Å². The van der Waals surface area contributed by atoms with Gasteiger partial charge in [0.2, 0.25) is 0 Å². The summed E-state index contributed by atoms with van der Waals surface area (Å²) in [4.78, 5) is 33.2. The summed E-state index contributed by atoms with van der Waals surface area (Å²) >= 11 is 1.52. The second kappa shape index (κ2) is 6.93. The number of nitrogens with one attached hydrogen (secondary N) is 1. The monoisotopic (exact) mass is 384 g/mol. The molecule has 2 N–H and O–H groups in total. The number of aromatic amines is 1. The van der Waals surface area contributed by atoms with Gasteiger partial charge in [0, 0.05) is 37.7 Å². The zero-order valence-corrected chi connectivity index (χ0v) is 15.0. The van der Waals surface area contributed by atoms with Crippen LogP contribution in [0.15, 0.2) is 40.5 Å². The fourth-order valence-corrected chi connectivity index (χ4v) is 3.91. The molecule has 0 radical (unpaired) electrons. The lowest BCUT2D eigenvalue weighted by atomic mass is 10.1. The Morgan fingerprint density at radius 2 is 2.19 bits per heavy atom. The Balaban J connectivity index is 1.58. The first-order valence-electron chi connectivity index (χ1n) is 8.36. The molecule has 0 saturated carbocycles. The van der Waals surface area contributed by atoms with Crippen molar-refractivity contribution in [3.05, 3.63) is 73.0 Å². The molecular weight excluding hydrogens is 368 g/mol. The largest absolute Gasteiger partial charge is 0.502 e. The van der Waals surface area contributed by atoms with Gasteiger partial charge in [-0.25, -0.2) is 4.98 Å². The molecule has 27 heavy (non-hydrogen) atoms. The van der Waals surface area contributed by atoms with Crippen LogP contribution in [0, 0.1) is 10.1 Å². The van der Waals surface area contributed by atoms with Crippen molar-refractivity contribution in [2.24, 2.45) is 0 Å². The quantitative estimate of drug-likeness (QED) is 0.528. The highest BCUT2D eigenvalue weighted by Gasteiger charge is 2.24. The highest BCUT2D eigenvalue weighted by molar-refractivity contribution is 7.13. The Labute approximate surface area is 157 Å². The van der Waals surface area contributed by atoms with Crippen LogP contribution in [0.1, 0.15) is 16.8 Å². The predicted molar refractivity (Wildman–Crippen MR) is 101 cm³/mol. The van der Waals surface area contributed by atoms with Crippen LogP contribution in [0.3, 0.4) is 0 Å². The lowest BCUT2D eigenvalue weighted by Crippen LogP contribution is -2.35. The van der Waals surface area contributed by atoms with Crippen LogP contribution in [0.2, 0.25) is 0 Å². The number of phenolic OH excluding ortho intramolecular Hbond substituents is 1. The molecular formula is C18H16N4O4S. The predicted octanol–water partition coefficient (Wildman–Crippen LogP) is 2.67. The summed E-state index contributed by atoms with van der Waals surface area (Å²) < 4.78 is 0. The van der Waals surface area contributed by atoms with Crippen LogP contribution in [0.25, 0.3) is 10.7 Å². The number of hydrogen-bond acceptors (Lipinski definition) is 7. The number of fused-ring (bicyclic) bond motifs is 1. The summed E-state index contributed by atoms with van der Waals surface area (Å²) in [5.74, 6) is 0.256. The number of thiophene rings is 1. The van der Waals surface area contributed by atoms with E-state index in [9.17, 15) is 20.0 Å². The third-order valence-corrected chi connectivity index (χ3v) is 5.47. The molecule has 0 amide bonds. The van der Waals surface area contributed by atoms with Crippen molar-refractivity contribution < 1.29 is 10.0 Å². The molecule has 9 heteroatoms. The Kier molecular flexibility index (Phi) is 4.46. The third kappa shape index (κ3) is 3.34. The van der Waals surface area contributed by atoms with Gasteiger partial charge >= 0.3 is 5.69 Å². The van der Waals surface area contributed by atoms with Crippen LogP contribution < -0.4 is 5.56 Å². The number of aromatic hydroxyl groups is 1. The van der Waals surface area contributed by atoms with Gasteiger partial charge < -0.3 is 10.1 Å². The van der Waals surface area contributed by atoms with Gasteiger partial charge in [-0.2, -0.15) is 0 Å². The Hall–Kier alpha value is -3.04. The molecule has 0 unspecified atom stereocenters. The number of H-pyrrole nitrogens is 1. The number of hydrogen-bond donors (Lipinski definition) is 2. The molecule has 0 fully saturated rings. The highest BCUT2D eigenvalue weighted by Crippen LogP contribution is 2.31. The van der Waals surface area contributed by atoms with E-state index in [4.69, 9.17) is 0 Å². The van der Waals surface area contributed by atoms with Gasteiger partial charge in [-0.3, -0.25) is 19.8 Å². The van der Waals surface area contributed by atoms with Crippen molar-refractivity contribution in [3.8, 4) is 16.5 Å². The van der Waals surface area contributed by atoms with E-state index >= 15 is 0 Å². The van der Waals surface area contributed by atoms with Gasteiger partial charge in [-0.15, -0.1) is 11.3 Å². The van der Waals surface area contributed by atoms with E-state index in [1.165, 1.54) is 17.4 Å². The minimum Gasteiger partial charge on any atom is -0.502 e. The Morgan fingerprint density at radius 3 is 2.93 bits per heavy atom. The Morgan fingerprint density at radius 1 is 1.33 bits per heavy atom. The van der Waals surface area contributed by atoms with E-state index in [1.54, 1.807) is 12.1 Å². The number of rotatable bonds is 4. The maximum atomic E-state index is 12.5. The van der Waals surface area contributed by atoms with Crippen LogP contribution in [0.5, 0.6) is 5.75 Å². The zero-order chi connectivity index (χ0) is 19.0. The molecule has 1 aliphatic rings. The smallest absolute Gasteiger partial charge is 0.311 e. The number of nitro benzene ring substituents is 1. The number of para-hydroxylation sites is 1. The van der Waals surface area contributed by atoms with Crippen molar-refractivity contribution in [2.75, 3.05) is 6.54 Å². The first-order chi connectivity index (χ1) is 13.0. The van der Waals surface area contributed by atoms with E-state index in [1.807, 2.05) is 22.4 Å². The third-order valence-electron chi connectivity index (χ3n) is 4.59. The van der Waals surface area contributed by atoms with E-state index in [-0.39, 0.29) is 17.0 Å². The lowest BCUT2D eigenvalue weighted by molar-refractivity contribution is -0.385. The van der Waals surface area contributed by atoms with Crippen LogP contribution in [-0.4, -0.2) is 31.4 Å². The minimum absolute atomic E-state index is 0.170. The molecule has 8 nitrogen and oxygen atoms in total. The van der Waals surface area contributed by atoms with Crippen LogP contribution in [0.4, 0.5) is 5.69 Å². The first-order valence-corrected chi connectivity index (χ1v) is 9.24. The van der Waals surface area contributed by atoms with Crippen LogP contribution in [-0.2, 0) is 19.5 Å². The summed E-state index contributed by atoms with van der Waals surface area (Å²) in [7, 11) is 0. The molecule has 0 atom stereocenters. The maximum Gasteiger partial charge on any atom is 0.311 e. The van der Waals surface area contributed by atoms with Gasteiger partial charge in [-0.1, -0.05) is 18.2 Å². The number of benzene rings is 1. The van der Waals surface area contributed by atoms with Gasteiger partial charge in [-0.05, 0) is 11.4 Å². The molecule has 4 rings (SSSR count). The zero-order valence-electron chi connectivity index (χ0n) is 14.2. The van der Waals surface area contributed by atoms with E-state index in [0.717, 1.165) is 10.6 Å². The summed E-state index contributed by atoms with van der Waals surface area (Å²) in [6.07, 6.45) is 0.604. The summed E-state index contributed by atoms with van der Waals surface area (Å²) in [5, 5.41) is 23.0. The summed E-state index contributed by atoms with van der Waals surface area (Å²) in [6, 6.07) is 8.29. The molecule has 1 aliphatic heterocycles. The highest BCUT2D eigenvalue weighted by atomic mass is 32.1. The van der Waals surface area contributed by atoms with Crippen molar-refractivity contribution in [1.82, 2.24) is 14.9 Å². The molecule has 0 bridgehead atoms. The van der Waals surface area contributed by atoms with Crippen molar-refractivity contribution in [1.29, 1.82) is 0 Å². The van der Waals surface area contributed by atoms with Crippen LogP contribution >= 0.6 is 11.3 Å². The van der Waals surface area contributed by atoms with Gasteiger partial charge in [0.25, 0.3) is 5.56 Å². The van der Waals surface area contributed by atoms with E-state index in [2.05, 4.69) is 9.97 Å². The number of nitrogens with zero attached hydrogens (tertiary/aromatic N) is 3. The molecule has 2 aromatic heterocycles. The lowest BCUT2D eigenvalue weighted by Gasteiger charge is -2.27. The second-order valence-corrected chi connectivity index (χ2v) is 7.27. The molecule has 0 saturated heterocycles. The maximum absolute atomic E-state index is 12.5. The normalized spacial score (nSPS) is 14.1. The van der Waals surface area contributed by atoms with Gasteiger partial charge in [0.15, 0.2) is 11.6 Å². The molecule has 0 aliphatic carbocycles. The molecule has 1 aromatic carbocycles.